The van der Waals surface area contributed by atoms with Crippen molar-refractivity contribution in [3.05, 3.63) is 82.4 Å². The van der Waals surface area contributed by atoms with Gasteiger partial charge in [-0.25, -0.2) is 5.48 Å². The van der Waals surface area contributed by atoms with Crippen molar-refractivity contribution in [3.8, 4) is 0 Å². The molecule has 0 spiro atoms. The second-order valence-corrected chi connectivity index (χ2v) is 7.94. The fourth-order valence-electron chi connectivity index (χ4n) is 2.56. The first kappa shape index (κ1) is 19.0. The average molecular weight is 430 g/mol. The van der Waals surface area contributed by atoms with Gasteiger partial charge in [-0.3, -0.25) is 9.63 Å². The van der Waals surface area contributed by atoms with Crippen LogP contribution >= 0.6 is 27.7 Å². The summed E-state index contributed by atoms with van der Waals surface area (Å²) >= 11 is 5.10. The predicted octanol–water partition coefficient (Wildman–Crippen LogP) is 5.47. The number of allylic oxidation sites excluding steroid dienone is 2. The summed E-state index contributed by atoms with van der Waals surface area (Å²) < 4.78 is 1.05. The second-order valence-electron chi connectivity index (χ2n) is 5.91. The summed E-state index contributed by atoms with van der Waals surface area (Å²) in [5.74, 6) is -0.144. The van der Waals surface area contributed by atoms with E-state index in [0.29, 0.717) is 6.61 Å². The molecular weight excluding hydrogens is 410 g/mol. The third kappa shape index (κ3) is 5.87. The van der Waals surface area contributed by atoms with Gasteiger partial charge in [-0.05, 0) is 54.3 Å². The Hall–Kier alpha value is -1.82. The van der Waals surface area contributed by atoms with Gasteiger partial charge in [0.05, 0.1) is 13.0 Å². The standard InChI is InChI=1S/C21H20BrNO2S/c22-18-10-12-19(13-11-18)26-20-9-5-4-8-17(20)14-21(24)23-25-15-16-6-2-1-3-7-16/h2,4-13H,1,3,14-15H2,(H,23,24). The first-order valence-electron chi connectivity index (χ1n) is 8.48. The summed E-state index contributed by atoms with van der Waals surface area (Å²) in [7, 11) is 0. The molecule has 0 saturated carbocycles. The Morgan fingerprint density at radius 1 is 1.12 bits per heavy atom. The number of rotatable bonds is 7. The molecule has 134 valence electrons. The van der Waals surface area contributed by atoms with Gasteiger partial charge in [0.15, 0.2) is 0 Å². The van der Waals surface area contributed by atoms with E-state index in [0.717, 1.165) is 38.2 Å². The van der Waals surface area contributed by atoms with Crippen molar-refractivity contribution < 1.29 is 9.63 Å². The molecule has 0 bridgehead atoms. The van der Waals surface area contributed by atoms with Gasteiger partial charge < -0.3 is 0 Å². The van der Waals surface area contributed by atoms with Gasteiger partial charge in [0.2, 0.25) is 5.91 Å². The van der Waals surface area contributed by atoms with Crippen molar-refractivity contribution in [2.45, 2.75) is 29.1 Å². The third-order valence-electron chi connectivity index (χ3n) is 3.86. The molecule has 0 unspecified atom stereocenters. The van der Waals surface area contributed by atoms with Crippen LogP contribution in [0.3, 0.4) is 0 Å². The minimum Gasteiger partial charge on any atom is -0.272 e. The zero-order chi connectivity index (χ0) is 18.2. The maximum Gasteiger partial charge on any atom is 0.248 e. The monoisotopic (exact) mass is 429 g/mol. The van der Waals surface area contributed by atoms with Crippen LogP contribution in [0.25, 0.3) is 0 Å². The summed E-state index contributed by atoms with van der Waals surface area (Å²) in [5, 5.41) is 0. The lowest BCUT2D eigenvalue weighted by Gasteiger charge is -2.11. The fraction of sp³-hybridized carbons (Fsp3) is 0.190. The Balaban J connectivity index is 1.55. The highest BCUT2D eigenvalue weighted by Crippen LogP contribution is 2.31. The van der Waals surface area contributed by atoms with Crippen LogP contribution in [0, 0.1) is 0 Å². The molecule has 1 aliphatic rings. The summed E-state index contributed by atoms with van der Waals surface area (Å²) in [5.41, 5.74) is 4.63. The molecule has 0 aromatic heterocycles. The van der Waals surface area contributed by atoms with E-state index in [9.17, 15) is 4.79 Å². The summed E-state index contributed by atoms with van der Waals surface area (Å²) in [6, 6.07) is 16.1. The summed E-state index contributed by atoms with van der Waals surface area (Å²) in [4.78, 5) is 19.8. The molecule has 3 nitrogen and oxygen atoms in total. The number of hydrogen-bond donors (Lipinski definition) is 1. The molecule has 2 aromatic rings. The van der Waals surface area contributed by atoms with Gasteiger partial charge in [0, 0.05) is 14.3 Å². The highest BCUT2D eigenvalue weighted by molar-refractivity contribution is 9.10. The van der Waals surface area contributed by atoms with Crippen molar-refractivity contribution in [1.29, 1.82) is 0 Å². The lowest BCUT2D eigenvalue weighted by molar-refractivity contribution is -0.132. The van der Waals surface area contributed by atoms with Gasteiger partial charge >= 0.3 is 0 Å². The highest BCUT2D eigenvalue weighted by atomic mass is 79.9. The third-order valence-corrected chi connectivity index (χ3v) is 5.52. The topological polar surface area (TPSA) is 38.3 Å². The number of halogens is 1. The van der Waals surface area contributed by atoms with Crippen molar-refractivity contribution in [2.75, 3.05) is 6.61 Å². The van der Waals surface area contributed by atoms with Crippen LogP contribution in [0.15, 0.2) is 86.6 Å². The molecule has 0 radical (unpaired) electrons. The van der Waals surface area contributed by atoms with E-state index >= 15 is 0 Å². The van der Waals surface area contributed by atoms with Crippen LogP contribution in [0.2, 0.25) is 0 Å². The Bertz CT molecular complexity index is 815. The minimum atomic E-state index is -0.144. The summed E-state index contributed by atoms with van der Waals surface area (Å²) in [6.07, 6.45) is 8.69. The lowest BCUT2D eigenvalue weighted by Crippen LogP contribution is -2.26. The van der Waals surface area contributed by atoms with Gasteiger partial charge in [-0.1, -0.05) is 64.1 Å². The van der Waals surface area contributed by atoms with E-state index in [2.05, 4.69) is 45.7 Å². The van der Waals surface area contributed by atoms with Crippen LogP contribution in [0.1, 0.15) is 18.4 Å². The number of hydrogen-bond acceptors (Lipinski definition) is 3. The van der Waals surface area contributed by atoms with Crippen LogP contribution in [-0.2, 0) is 16.1 Å². The van der Waals surface area contributed by atoms with Crippen LogP contribution in [-0.4, -0.2) is 12.5 Å². The number of amides is 1. The average Bonchev–Trinajstić information content (AvgIpc) is 2.66. The molecule has 26 heavy (non-hydrogen) atoms. The highest BCUT2D eigenvalue weighted by Gasteiger charge is 2.09. The van der Waals surface area contributed by atoms with Crippen LogP contribution < -0.4 is 5.48 Å². The first-order chi connectivity index (χ1) is 12.7. The molecule has 2 aromatic carbocycles. The maximum atomic E-state index is 12.2. The van der Waals surface area contributed by atoms with Crippen molar-refractivity contribution >= 4 is 33.6 Å². The van der Waals surface area contributed by atoms with E-state index in [4.69, 9.17) is 4.84 Å². The quantitative estimate of drug-likeness (QED) is 0.593. The molecule has 0 heterocycles. The van der Waals surface area contributed by atoms with Crippen molar-refractivity contribution in [1.82, 2.24) is 5.48 Å². The molecular formula is C21H20BrNO2S. The number of benzene rings is 2. The molecule has 3 rings (SSSR count). The van der Waals surface area contributed by atoms with E-state index in [1.54, 1.807) is 11.8 Å². The number of carbonyl (C=O) groups excluding carboxylic acids is 1. The molecule has 0 saturated heterocycles. The number of carbonyl (C=O) groups is 1. The summed E-state index contributed by atoms with van der Waals surface area (Å²) in [6.45, 7) is 0.400. The molecule has 5 heteroatoms. The normalized spacial score (nSPS) is 13.3. The molecule has 0 aliphatic heterocycles. The van der Waals surface area contributed by atoms with E-state index in [1.807, 2.05) is 42.5 Å². The molecule has 1 N–H and O–H groups in total. The number of nitrogens with one attached hydrogen (secondary N) is 1. The van der Waals surface area contributed by atoms with Gasteiger partial charge in [-0.2, -0.15) is 0 Å². The first-order valence-corrected chi connectivity index (χ1v) is 10.1. The van der Waals surface area contributed by atoms with Crippen molar-refractivity contribution in [2.24, 2.45) is 0 Å². The van der Waals surface area contributed by atoms with Crippen LogP contribution in [0.4, 0.5) is 0 Å². The van der Waals surface area contributed by atoms with E-state index < -0.39 is 0 Å². The van der Waals surface area contributed by atoms with E-state index in [-0.39, 0.29) is 12.3 Å². The van der Waals surface area contributed by atoms with Gasteiger partial charge in [-0.15, -0.1) is 0 Å². The van der Waals surface area contributed by atoms with Gasteiger partial charge in [0.1, 0.15) is 0 Å². The Labute approximate surface area is 166 Å². The zero-order valence-electron chi connectivity index (χ0n) is 14.3. The molecule has 0 fully saturated rings. The largest absolute Gasteiger partial charge is 0.272 e. The fourth-order valence-corrected chi connectivity index (χ4v) is 3.77. The number of hydroxylamine groups is 1. The minimum absolute atomic E-state index is 0.144. The Morgan fingerprint density at radius 3 is 2.69 bits per heavy atom. The Morgan fingerprint density at radius 2 is 1.92 bits per heavy atom. The zero-order valence-corrected chi connectivity index (χ0v) is 16.7. The molecule has 0 atom stereocenters. The predicted molar refractivity (Wildman–Crippen MR) is 109 cm³/mol. The van der Waals surface area contributed by atoms with Crippen LogP contribution in [0.5, 0.6) is 0 Å². The maximum absolute atomic E-state index is 12.2. The molecule has 1 amide bonds. The van der Waals surface area contributed by atoms with E-state index in [1.165, 1.54) is 0 Å². The molecule has 1 aliphatic carbocycles. The second kappa shape index (κ2) is 9.76. The smallest absolute Gasteiger partial charge is 0.248 e. The van der Waals surface area contributed by atoms with Crippen molar-refractivity contribution in [3.63, 3.8) is 0 Å². The Kier molecular flexibility index (Phi) is 7.12. The van der Waals surface area contributed by atoms with Gasteiger partial charge in [0.25, 0.3) is 0 Å². The SMILES string of the molecule is O=C(Cc1ccccc1Sc1ccc(Br)cc1)NOCC1=CCCC=C1. The lowest BCUT2D eigenvalue weighted by atomic mass is 10.1.